The number of aromatic hydroxyl groups is 1. The lowest BCUT2D eigenvalue weighted by atomic mass is 9.93. The zero-order chi connectivity index (χ0) is 20.2. The lowest BCUT2D eigenvalue weighted by molar-refractivity contribution is 0.310. The molecule has 0 amide bonds. The van der Waals surface area contributed by atoms with Crippen LogP contribution in [-0.4, -0.2) is 42.4 Å². The average molecular weight is 459 g/mol. The lowest BCUT2D eigenvalue weighted by Gasteiger charge is -2.18. The molecule has 0 radical (unpaired) electrons. The molecule has 2 aromatic carbocycles. The molecule has 5 heteroatoms. The number of halogens is 2. The Labute approximate surface area is 180 Å². The highest BCUT2D eigenvalue weighted by molar-refractivity contribution is 9.11. The van der Waals surface area contributed by atoms with E-state index in [9.17, 15) is 9.50 Å². The van der Waals surface area contributed by atoms with Crippen molar-refractivity contribution in [2.75, 3.05) is 31.6 Å². The van der Waals surface area contributed by atoms with E-state index in [1.807, 2.05) is 12.1 Å². The summed E-state index contributed by atoms with van der Waals surface area (Å²) < 4.78 is 13.6. The molecule has 1 aliphatic heterocycles. The predicted molar refractivity (Wildman–Crippen MR) is 121 cm³/mol. The van der Waals surface area contributed by atoms with E-state index in [4.69, 9.17) is 0 Å². The molecular weight excluding hydrogens is 431 g/mol. The van der Waals surface area contributed by atoms with Gasteiger partial charge in [0.05, 0.1) is 6.67 Å². The first-order valence-corrected chi connectivity index (χ1v) is 11.3. The summed E-state index contributed by atoms with van der Waals surface area (Å²) in [4.78, 5) is 2.34. The molecule has 0 bridgehead atoms. The summed E-state index contributed by atoms with van der Waals surface area (Å²) >= 11 is 3.82. The summed E-state index contributed by atoms with van der Waals surface area (Å²) in [5, 5.41) is 13.5. The van der Waals surface area contributed by atoms with E-state index in [2.05, 4.69) is 50.4 Å². The number of phenolic OH excluding ortho intramolecular Hbond substituents is 1. The molecule has 0 saturated carbocycles. The second kappa shape index (κ2) is 9.31. The maximum absolute atomic E-state index is 12.4. The number of aryl methyl sites for hydroxylation is 1. The number of allylic oxidation sites excluding steroid dienone is 1. The van der Waals surface area contributed by atoms with Crippen LogP contribution in [0.5, 0.6) is 5.75 Å². The highest BCUT2D eigenvalue weighted by atomic mass is 79.9. The summed E-state index contributed by atoms with van der Waals surface area (Å²) in [6, 6.07) is 14.8. The maximum Gasteiger partial charge on any atom is 0.115 e. The van der Waals surface area contributed by atoms with Crippen molar-refractivity contribution in [2.45, 2.75) is 38.1 Å². The zero-order valence-corrected chi connectivity index (χ0v) is 18.2. The second-order valence-electron chi connectivity index (χ2n) is 8.03. The van der Waals surface area contributed by atoms with Gasteiger partial charge in [0.25, 0.3) is 0 Å². The average Bonchev–Trinajstić information content (AvgIpc) is 3.09. The van der Waals surface area contributed by atoms with E-state index in [-0.39, 0.29) is 6.67 Å². The molecule has 0 aromatic heterocycles. The van der Waals surface area contributed by atoms with Crippen molar-refractivity contribution >= 4 is 27.2 Å². The van der Waals surface area contributed by atoms with Gasteiger partial charge >= 0.3 is 0 Å². The molecule has 2 N–H and O–H groups in total. The summed E-state index contributed by atoms with van der Waals surface area (Å²) in [5.41, 5.74) is 5.94. The molecule has 1 aliphatic carbocycles. The van der Waals surface area contributed by atoms with Crippen LogP contribution in [0, 0.1) is 0 Å². The van der Waals surface area contributed by atoms with Gasteiger partial charge < -0.3 is 15.3 Å². The molecule has 154 valence electrons. The Kier molecular flexibility index (Phi) is 6.56. The van der Waals surface area contributed by atoms with Gasteiger partial charge in [-0.15, -0.1) is 0 Å². The first kappa shape index (κ1) is 20.4. The van der Waals surface area contributed by atoms with Crippen molar-refractivity contribution < 1.29 is 9.50 Å². The van der Waals surface area contributed by atoms with Crippen molar-refractivity contribution in [1.29, 1.82) is 0 Å². The normalized spacial score (nSPS) is 19.9. The van der Waals surface area contributed by atoms with Gasteiger partial charge in [-0.3, -0.25) is 4.39 Å². The van der Waals surface area contributed by atoms with Crippen LogP contribution >= 0.6 is 15.9 Å². The third-order valence-corrected chi connectivity index (χ3v) is 6.69. The Balaban J connectivity index is 1.50. The highest BCUT2D eigenvalue weighted by Gasteiger charge is 2.22. The molecular formula is C24H28BrFN2O. The van der Waals surface area contributed by atoms with Crippen LogP contribution in [0.1, 0.15) is 42.4 Å². The minimum absolute atomic E-state index is 0.232. The fourth-order valence-electron chi connectivity index (χ4n) is 4.45. The van der Waals surface area contributed by atoms with Crippen LogP contribution in [0.25, 0.3) is 5.57 Å². The largest absolute Gasteiger partial charge is 0.508 e. The number of fused-ring (bicyclic) bond motifs is 1. The lowest BCUT2D eigenvalue weighted by Crippen LogP contribution is -2.27. The third kappa shape index (κ3) is 4.84. The number of benzene rings is 2. The SMILES string of the molecule is Oc1ccc2c(c1)CCCC(Br)=C2c1ccc(NC2CCN(CCCF)C2)cc1. The topological polar surface area (TPSA) is 35.5 Å². The number of nitrogens with one attached hydrogen (secondary N) is 1. The predicted octanol–water partition coefficient (Wildman–Crippen LogP) is 5.73. The first-order chi connectivity index (χ1) is 14.1. The molecule has 2 aromatic rings. The molecule has 1 unspecified atom stereocenters. The van der Waals surface area contributed by atoms with Crippen LogP contribution < -0.4 is 5.32 Å². The monoisotopic (exact) mass is 458 g/mol. The Bertz CT molecular complexity index is 881. The molecule has 1 fully saturated rings. The summed E-state index contributed by atoms with van der Waals surface area (Å²) in [5.74, 6) is 0.331. The number of anilines is 1. The van der Waals surface area contributed by atoms with Crippen molar-refractivity contribution in [2.24, 2.45) is 0 Å². The standard InChI is InChI=1S/C24H28BrFN2O/c25-23-4-1-3-18-15-21(29)9-10-22(18)24(23)17-5-7-19(8-6-17)27-20-11-14-28(16-20)13-2-12-26/h5-10,15,20,27,29H,1-4,11-14,16H2. The smallest absolute Gasteiger partial charge is 0.115 e. The van der Waals surface area contributed by atoms with Gasteiger partial charge in [0.1, 0.15) is 5.75 Å². The second-order valence-corrected chi connectivity index (χ2v) is 8.98. The van der Waals surface area contributed by atoms with Gasteiger partial charge in [-0.25, -0.2) is 0 Å². The van der Waals surface area contributed by atoms with Gasteiger partial charge in [-0.2, -0.15) is 0 Å². The van der Waals surface area contributed by atoms with Crippen LogP contribution in [0.2, 0.25) is 0 Å². The number of hydrogen-bond acceptors (Lipinski definition) is 3. The van der Waals surface area contributed by atoms with Gasteiger partial charge in [-0.05, 0) is 78.6 Å². The van der Waals surface area contributed by atoms with Gasteiger partial charge in [0.2, 0.25) is 0 Å². The van der Waals surface area contributed by atoms with E-state index >= 15 is 0 Å². The number of phenols is 1. The Hall–Kier alpha value is -1.85. The van der Waals surface area contributed by atoms with Crippen molar-refractivity contribution in [3.8, 4) is 5.75 Å². The Morgan fingerprint density at radius 3 is 2.76 bits per heavy atom. The summed E-state index contributed by atoms with van der Waals surface area (Å²) in [7, 11) is 0. The highest BCUT2D eigenvalue weighted by Crippen LogP contribution is 2.39. The van der Waals surface area contributed by atoms with E-state index < -0.39 is 0 Å². The molecule has 0 spiro atoms. The van der Waals surface area contributed by atoms with Crippen molar-refractivity contribution in [1.82, 2.24) is 4.90 Å². The molecule has 2 aliphatic rings. The fourth-order valence-corrected chi connectivity index (χ4v) is 5.18. The van der Waals surface area contributed by atoms with Gasteiger partial charge in [0, 0.05) is 35.8 Å². The molecule has 4 rings (SSSR count). The summed E-state index contributed by atoms with van der Waals surface area (Å²) in [6.07, 6.45) is 4.77. The molecule has 1 atom stereocenters. The number of likely N-dealkylation sites (tertiary alicyclic amines) is 1. The van der Waals surface area contributed by atoms with Gasteiger partial charge in [-0.1, -0.05) is 34.1 Å². The molecule has 3 nitrogen and oxygen atoms in total. The zero-order valence-electron chi connectivity index (χ0n) is 16.6. The van der Waals surface area contributed by atoms with E-state index in [0.29, 0.717) is 18.2 Å². The van der Waals surface area contributed by atoms with Crippen molar-refractivity contribution in [3.05, 3.63) is 63.6 Å². The van der Waals surface area contributed by atoms with E-state index in [1.54, 1.807) is 6.07 Å². The van der Waals surface area contributed by atoms with Crippen LogP contribution in [0.3, 0.4) is 0 Å². The molecule has 1 saturated heterocycles. The fraction of sp³-hybridized carbons (Fsp3) is 0.417. The number of rotatable bonds is 6. The number of alkyl halides is 1. The Morgan fingerprint density at radius 1 is 1.14 bits per heavy atom. The van der Waals surface area contributed by atoms with Crippen molar-refractivity contribution in [3.63, 3.8) is 0 Å². The minimum atomic E-state index is -0.232. The van der Waals surface area contributed by atoms with Crippen LogP contribution in [0.4, 0.5) is 10.1 Å². The minimum Gasteiger partial charge on any atom is -0.508 e. The third-order valence-electron chi connectivity index (χ3n) is 5.90. The number of hydrogen-bond donors (Lipinski definition) is 2. The van der Waals surface area contributed by atoms with E-state index in [1.165, 1.54) is 26.7 Å². The Morgan fingerprint density at radius 2 is 1.97 bits per heavy atom. The molecule has 1 heterocycles. The van der Waals surface area contributed by atoms with Crippen LogP contribution in [-0.2, 0) is 6.42 Å². The molecule has 29 heavy (non-hydrogen) atoms. The van der Waals surface area contributed by atoms with Gasteiger partial charge in [0.15, 0.2) is 0 Å². The maximum atomic E-state index is 12.4. The van der Waals surface area contributed by atoms with E-state index in [0.717, 1.165) is 51.0 Å². The quantitative estimate of drug-likeness (QED) is 0.579. The first-order valence-electron chi connectivity index (χ1n) is 10.5. The summed E-state index contributed by atoms with van der Waals surface area (Å²) in [6.45, 7) is 2.64. The number of nitrogens with zero attached hydrogens (tertiary/aromatic N) is 1. The van der Waals surface area contributed by atoms with Crippen LogP contribution in [0.15, 0.2) is 46.9 Å².